The molecule has 1 heterocycles. The summed E-state index contributed by atoms with van der Waals surface area (Å²) in [4.78, 5) is 0. The molecule has 1 atom stereocenters. The first kappa shape index (κ1) is 13.4. The van der Waals surface area contributed by atoms with Crippen molar-refractivity contribution >= 4 is 27.5 Å². The minimum absolute atomic E-state index is 0.333. The van der Waals surface area contributed by atoms with Crippen LogP contribution in [0.5, 0.6) is 0 Å². The van der Waals surface area contributed by atoms with E-state index in [1.165, 1.54) is 31.4 Å². The third-order valence-electron chi connectivity index (χ3n) is 3.83. The van der Waals surface area contributed by atoms with E-state index in [9.17, 15) is 0 Å². The minimum Gasteiger partial charge on any atom is -0.271 e. The molecule has 0 spiro atoms. The zero-order valence-corrected chi connectivity index (χ0v) is 12.9. The Morgan fingerprint density at radius 3 is 2.65 bits per heavy atom. The number of aromatic nitrogens is 2. The molecule has 0 saturated heterocycles. The SMILES string of the molecule is Cc1nn(C)c(CCC(Cl)C2CCCC2)c1Br. The molecule has 0 bridgehead atoms. The number of rotatable bonds is 4. The number of aryl methyl sites for hydroxylation is 2. The fourth-order valence-electron chi connectivity index (χ4n) is 2.78. The Balaban J connectivity index is 1.92. The molecular weight excluding hydrogens is 300 g/mol. The molecule has 0 N–H and O–H groups in total. The molecule has 0 aromatic carbocycles. The molecule has 17 heavy (non-hydrogen) atoms. The van der Waals surface area contributed by atoms with E-state index in [1.54, 1.807) is 0 Å². The highest BCUT2D eigenvalue weighted by atomic mass is 79.9. The Kier molecular flexibility index (Phi) is 4.53. The molecule has 4 heteroatoms. The third kappa shape index (κ3) is 3.05. The zero-order valence-electron chi connectivity index (χ0n) is 10.5. The van der Waals surface area contributed by atoms with E-state index in [2.05, 4.69) is 21.0 Å². The minimum atomic E-state index is 0.333. The monoisotopic (exact) mass is 318 g/mol. The first-order valence-electron chi connectivity index (χ1n) is 6.41. The summed E-state index contributed by atoms with van der Waals surface area (Å²) < 4.78 is 3.12. The van der Waals surface area contributed by atoms with Gasteiger partial charge >= 0.3 is 0 Å². The molecule has 0 radical (unpaired) electrons. The van der Waals surface area contributed by atoms with Crippen molar-refractivity contribution in [2.24, 2.45) is 13.0 Å². The maximum atomic E-state index is 6.50. The largest absolute Gasteiger partial charge is 0.271 e. The van der Waals surface area contributed by atoms with Gasteiger partial charge in [0, 0.05) is 12.4 Å². The Hall–Kier alpha value is -0.0200. The van der Waals surface area contributed by atoms with E-state index in [0.29, 0.717) is 5.38 Å². The molecule has 96 valence electrons. The van der Waals surface area contributed by atoms with Gasteiger partial charge in [-0.2, -0.15) is 5.10 Å². The second-order valence-corrected chi connectivity index (χ2v) is 6.42. The van der Waals surface area contributed by atoms with Gasteiger partial charge in [0.15, 0.2) is 0 Å². The number of hydrogen-bond acceptors (Lipinski definition) is 1. The molecule has 1 aliphatic rings. The lowest BCUT2D eigenvalue weighted by molar-refractivity contribution is 0.487. The summed E-state index contributed by atoms with van der Waals surface area (Å²) >= 11 is 10.1. The Morgan fingerprint density at radius 1 is 1.47 bits per heavy atom. The van der Waals surface area contributed by atoms with Crippen LogP contribution in [0.4, 0.5) is 0 Å². The van der Waals surface area contributed by atoms with Gasteiger partial charge in [0.2, 0.25) is 0 Å². The molecular formula is C13H20BrClN2. The van der Waals surface area contributed by atoms with Crippen molar-refractivity contribution in [1.29, 1.82) is 0 Å². The van der Waals surface area contributed by atoms with Gasteiger partial charge in [-0.25, -0.2) is 0 Å². The predicted octanol–water partition coefficient (Wildman–Crippen LogP) is 4.22. The van der Waals surface area contributed by atoms with Crippen molar-refractivity contribution in [3.05, 3.63) is 15.9 Å². The van der Waals surface area contributed by atoms with Crippen LogP contribution in [0.1, 0.15) is 43.5 Å². The predicted molar refractivity (Wildman–Crippen MR) is 75.6 cm³/mol. The van der Waals surface area contributed by atoms with Crippen molar-refractivity contribution in [1.82, 2.24) is 9.78 Å². The molecule has 2 nitrogen and oxygen atoms in total. The summed E-state index contributed by atoms with van der Waals surface area (Å²) in [7, 11) is 2.01. The van der Waals surface area contributed by atoms with E-state index >= 15 is 0 Å². The van der Waals surface area contributed by atoms with Crippen LogP contribution >= 0.6 is 27.5 Å². The maximum Gasteiger partial charge on any atom is 0.0738 e. The van der Waals surface area contributed by atoms with Crippen LogP contribution in [0.2, 0.25) is 0 Å². The lowest BCUT2D eigenvalue weighted by atomic mass is 9.99. The Morgan fingerprint density at radius 2 is 2.12 bits per heavy atom. The fourth-order valence-corrected chi connectivity index (χ4v) is 3.68. The van der Waals surface area contributed by atoms with Gasteiger partial charge in [-0.1, -0.05) is 12.8 Å². The van der Waals surface area contributed by atoms with E-state index in [4.69, 9.17) is 11.6 Å². The van der Waals surface area contributed by atoms with Crippen molar-refractivity contribution in [2.75, 3.05) is 0 Å². The van der Waals surface area contributed by atoms with Gasteiger partial charge in [-0.15, -0.1) is 11.6 Å². The average molecular weight is 320 g/mol. The van der Waals surface area contributed by atoms with Crippen LogP contribution < -0.4 is 0 Å². The summed E-state index contributed by atoms with van der Waals surface area (Å²) in [5.41, 5.74) is 2.33. The van der Waals surface area contributed by atoms with E-state index in [0.717, 1.165) is 28.9 Å². The molecule has 0 amide bonds. The number of hydrogen-bond donors (Lipinski definition) is 0. The first-order valence-corrected chi connectivity index (χ1v) is 7.64. The summed E-state index contributed by atoms with van der Waals surface area (Å²) in [6.07, 6.45) is 7.44. The van der Waals surface area contributed by atoms with Crippen molar-refractivity contribution in [2.45, 2.75) is 50.8 Å². The standard InChI is InChI=1S/C13H20BrClN2/c1-9-13(14)12(17(2)16-9)8-7-11(15)10-5-3-4-6-10/h10-11H,3-8H2,1-2H3. The van der Waals surface area contributed by atoms with Gasteiger partial charge in [0.25, 0.3) is 0 Å². The molecule has 1 saturated carbocycles. The Labute approximate surface area is 117 Å². The first-order chi connectivity index (χ1) is 8.09. The lowest BCUT2D eigenvalue weighted by Crippen LogP contribution is -2.13. The van der Waals surface area contributed by atoms with Crippen LogP contribution in [0, 0.1) is 12.8 Å². The van der Waals surface area contributed by atoms with Crippen molar-refractivity contribution in [3.8, 4) is 0 Å². The summed E-state index contributed by atoms with van der Waals surface area (Å²) in [5, 5.41) is 4.75. The highest BCUT2D eigenvalue weighted by molar-refractivity contribution is 9.10. The van der Waals surface area contributed by atoms with Gasteiger partial charge < -0.3 is 0 Å². The van der Waals surface area contributed by atoms with Gasteiger partial charge in [0.05, 0.1) is 15.9 Å². The number of nitrogens with zero attached hydrogens (tertiary/aromatic N) is 2. The molecule has 2 rings (SSSR count). The number of halogens is 2. The van der Waals surface area contributed by atoms with Gasteiger partial charge in [0.1, 0.15) is 0 Å². The molecule has 1 aromatic heterocycles. The van der Waals surface area contributed by atoms with Crippen LogP contribution in [0.25, 0.3) is 0 Å². The summed E-state index contributed by atoms with van der Waals surface area (Å²) in [6, 6.07) is 0. The second-order valence-electron chi connectivity index (χ2n) is 5.07. The van der Waals surface area contributed by atoms with E-state index in [1.807, 2.05) is 18.7 Å². The Bertz CT molecular complexity index is 383. The highest BCUT2D eigenvalue weighted by Crippen LogP contribution is 2.33. The molecule has 1 fully saturated rings. The normalized spacial score (nSPS) is 18.8. The highest BCUT2D eigenvalue weighted by Gasteiger charge is 2.23. The van der Waals surface area contributed by atoms with Gasteiger partial charge in [-0.05, 0) is 54.5 Å². The molecule has 1 aromatic rings. The summed E-state index contributed by atoms with van der Waals surface area (Å²) in [6.45, 7) is 2.03. The third-order valence-corrected chi connectivity index (χ3v) is 5.44. The van der Waals surface area contributed by atoms with Crippen LogP contribution in [-0.4, -0.2) is 15.2 Å². The van der Waals surface area contributed by atoms with Crippen LogP contribution in [-0.2, 0) is 13.5 Å². The molecule has 0 aliphatic heterocycles. The van der Waals surface area contributed by atoms with Crippen molar-refractivity contribution < 1.29 is 0 Å². The van der Waals surface area contributed by atoms with Crippen LogP contribution in [0.15, 0.2) is 4.47 Å². The topological polar surface area (TPSA) is 17.8 Å². The van der Waals surface area contributed by atoms with E-state index < -0.39 is 0 Å². The molecule has 1 aliphatic carbocycles. The van der Waals surface area contributed by atoms with Crippen molar-refractivity contribution in [3.63, 3.8) is 0 Å². The smallest absolute Gasteiger partial charge is 0.0738 e. The van der Waals surface area contributed by atoms with Gasteiger partial charge in [-0.3, -0.25) is 4.68 Å². The zero-order chi connectivity index (χ0) is 12.4. The molecule has 1 unspecified atom stereocenters. The quantitative estimate of drug-likeness (QED) is 0.760. The van der Waals surface area contributed by atoms with E-state index in [-0.39, 0.29) is 0 Å². The lowest BCUT2D eigenvalue weighted by Gasteiger charge is -2.16. The fraction of sp³-hybridized carbons (Fsp3) is 0.769. The number of alkyl halides is 1. The summed E-state index contributed by atoms with van der Waals surface area (Å²) in [5.74, 6) is 0.741. The van der Waals surface area contributed by atoms with Crippen LogP contribution in [0.3, 0.4) is 0 Å². The average Bonchev–Trinajstić information content (AvgIpc) is 2.88. The maximum absolute atomic E-state index is 6.50. The second kappa shape index (κ2) is 5.75.